The summed E-state index contributed by atoms with van der Waals surface area (Å²) < 4.78 is 5.21. The molecule has 0 radical (unpaired) electrons. The van der Waals surface area contributed by atoms with Crippen molar-refractivity contribution in [1.82, 2.24) is 10.2 Å². The monoisotopic (exact) mass is 487 g/mol. The molecule has 1 aliphatic heterocycles. The van der Waals surface area contributed by atoms with Crippen LogP contribution in [0.15, 0.2) is 40.7 Å². The second-order valence-corrected chi connectivity index (χ2v) is 7.08. The minimum Gasteiger partial charge on any atom is -0.497 e. The number of rotatable bonds is 5. The Bertz CT molecular complexity index is 718. The number of aliphatic imine (C=N–C) groups is 1. The Kier molecular flexibility index (Phi) is 8.17. The van der Waals surface area contributed by atoms with E-state index in [0.29, 0.717) is 13.1 Å². The van der Waals surface area contributed by atoms with Crippen LogP contribution in [0.1, 0.15) is 18.2 Å². The van der Waals surface area contributed by atoms with Crippen molar-refractivity contribution in [3.63, 3.8) is 0 Å². The van der Waals surface area contributed by atoms with Crippen LogP contribution in [0, 0.1) is 0 Å². The minimum absolute atomic E-state index is 0. The molecule has 1 atom stereocenters. The molecule has 1 aliphatic rings. The number of likely N-dealkylation sites (tertiary alicyclic amines) is 1. The first-order valence-electron chi connectivity index (χ1n) is 8.62. The average molecular weight is 487 g/mol. The number of aliphatic hydroxyl groups is 1. The van der Waals surface area contributed by atoms with Gasteiger partial charge in [0.2, 0.25) is 0 Å². The van der Waals surface area contributed by atoms with Gasteiger partial charge >= 0.3 is 0 Å². The highest BCUT2D eigenvalue weighted by molar-refractivity contribution is 14.0. The number of nitrogens with one attached hydrogen (secondary N) is 1. The Morgan fingerprint density at radius 3 is 2.73 bits per heavy atom. The van der Waals surface area contributed by atoms with Crippen molar-refractivity contribution in [1.29, 1.82) is 0 Å². The molecule has 3 rings (SSSR count). The molecule has 0 saturated carbocycles. The van der Waals surface area contributed by atoms with E-state index >= 15 is 0 Å². The average Bonchev–Trinajstić information content (AvgIpc) is 3.28. The van der Waals surface area contributed by atoms with Gasteiger partial charge in [-0.3, -0.25) is 0 Å². The number of hydrogen-bond acceptors (Lipinski definition) is 4. The molecule has 1 saturated heterocycles. The van der Waals surface area contributed by atoms with Gasteiger partial charge < -0.3 is 20.1 Å². The number of β-amino-alcohol motifs (C(OH)–C–C–N with tert-alkyl or cyclic N) is 1. The zero-order valence-electron chi connectivity index (χ0n) is 15.1. The van der Waals surface area contributed by atoms with Crippen molar-refractivity contribution in [2.45, 2.75) is 26.0 Å². The first kappa shape index (κ1) is 21.0. The zero-order chi connectivity index (χ0) is 17.6. The van der Waals surface area contributed by atoms with Gasteiger partial charge in [0, 0.05) is 24.5 Å². The van der Waals surface area contributed by atoms with Gasteiger partial charge in [-0.15, -0.1) is 35.3 Å². The van der Waals surface area contributed by atoms with Crippen LogP contribution in [0.3, 0.4) is 0 Å². The quantitative estimate of drug-likeness (QED) is 0.385. The zero-order valence-corrected chi connectivity index (χ0v) is 18.3. The van der Waals surface area contributed by atoms with Crippen molar-refractivity contribution >= 4 is 41.3 Å². The number of benzene rings is 1. The Balaban J connectivity index is 0.00000243. The third-order valence-corrected chi connectivity index (χ3v) is 5.18. The molecule has 7 heteroatoms. The van der Waals surface area contributed by atoms with Crippen molar-refractivity contribution < 1.29 is 9.84 Å². The second kappa shape index (κ2) is 10.1. The molecule has 2 aromatic rings. The topological polar surface area (TPSA) is 57.1 Å². The molecule has 5 nitrogen and oxygen atoms in total. The summed E-state index contributed by atoms with van der Waals surface area (Å²) in [5, 5.41) is 15.2. The lowest BCUT2D eigenvalue weighted by Crippen LogP contribution is -2.40. The van der Waals surface area contributed by atoms with Crippen molar-refractivity contribution in [2.75, 3.05) is 26.7 Å². The van der Waals surface area contributed by atoms with E-state index in [4.69, 9.17) is 9.73 Å². The Labute approximate surface area is 176 Å². The molecular formula is C19H26IN3O2S. The SMILES string of the molecule is CCNC(=NCc1cc(-c2ccc(OC)cc2)cs1)N1CC[C@@H](O)C1.I. The van der Waals surface area contributed by atoms with E-state index in [2.05, 4.69) is 40.7 Å². The van der Waals surface area contributed by atoms with Gasteiger partial charge in [0.1, 0.15) is 5.75 Å². The fraction of sp³-hybridized carbons (Fsp3) is 0.421. The van der Waals surface area contributed by atoms with Crippen molar-refractivity contribution in [2.24, 2.45) is 4.99 Å². The number of thiophene rings is 1. The molecule has 0 spiro atoms. The lowest BCUT2D eigenvalue weighted by molar-refractivity contribution is 0.188. The molecule has 2 N–H and O–H groups in total. The fourth-order valence-corrected chi connectivity index (χ4v) is 3.73. The van der Waals surface area contributed by atoms with Gasteiger partial charge in [-0.1, -0.05) is 12.1 Å². The van der Waals surface area contributed by atoms with Crippen LogP contribution in [0.25, 0.3) is 11.1 Å². The van der Waals surface area contributed by atoms with Crippen molar-refractivity contribution in [3.8, 4) is 16.9 Å². The summed E-state index contributed by atoms with van der Waals surface area (Å²) in [6.45, 7) is 5.06. The summed E-state index contributed by atoms with van der Waals surface area (Å²) in [6, 6.07) is 10.3. The predicted molar refractivity (Wildman–Crippen MR) is 119 cm³/mol. The van der Waals surface area contributed by atoms with Gasteiger partial charge in [-0.05, 0) is 48.1 Å². The standard InChI is InChI=1S/C19H25N3O2S.HI/c1-3-20-19(22-9-8-16(23)12-22)21-11-18-10-15(13-25-18)14-4-6-17(24-2)7-5-14;/h4-7,10,13,16,23H,3,8-9,11-12H2,1-2H3,(H,20,21);1H/t16-;/m1./s1. The summed E-state index contributed by atoms with van der Waals surface area (Å²) in [7, 11) is 1.68. The Morgan fingerprint density at radius 1 is 1.35 bits per heavy atom. The molecule has 2 heterocycles. The molecular weight excluding hydrogens is 461 g/mol. The number of nitrogens with zero attached hydrogens (tertiary/aromatic N) is 2. The lowest BCUT2D eigenvalue weighted by atomic mass is 10.1. The molecule has 0 bridgehead atoms. The highest BCUT2D eigenvalue weighted by Gasteiger charge is 2.22. The van der Waals surface area contributed by atoms with E-state index < -0.39 is 0 Å². The molecule has 0 aliphatic carbocycles. The Morgan fingerprint density at radius 2 is 2.12 bits per heavy atom. The van der Waals surface area contributed by atoms with Crippen LogP contribution in [0.5, 0.6) is 5.75 Å². The minimum atomic E-state index is -0.243. The molecule has 0 amide bonds. The van der Waals surface area contributed by atoms with Crippen LogP contribution in [-0.4, -0.2) is 48.8 Å². The van der Waals surface area contributed by atoms with Crippen LogP contribution in [0.4, 0.5) is 0 Å². The maximum absolute atomic E-state index is 9.74. The van der Waals surface area contributed by atoms with Gasteiger partial charge in [-0.2, -0.15) is 0 Å². The smallest absolute Gasteiger partial charge is 0.194 e. The molecule has 1 aromatic heterocycles. The highest BCUT2D eigenvalue weighted by Crippen LogP contribution is 2.27. The second-order valence-electron chi connectivity index (χ2n) is 6.09. The molecule has 1 aromatic carbocycles. The van der Waals surface area contributed by atoms with E-state index in [1.807, 2.05) is 12.1 Å². The maximum atomic E-state index is 9.74. The third-order valence-electron chi connectivity index (χ3n) is 4.26. The summed E-state index contributed by atoms with van der Waals surface area (Å²) in [4.78, 5) is 8.10. The third kappa shape index (κ3) is 5.34. The fourth-order valence-electron chi connectivity index (χ4n) is 2.91. The predicted octanol–water partition coefficient (Wildman–Crippen LogP) is 3.57. The first-order valence-corrected chi connectivity index (χ1v) is 9.50. The van der Waals surface area contributed by atoms with Crippen LogP contribution in [-0.2, 0) is 6.54 Å². The molecule has 1 fully saturated rings. The van der Waals surface area contributed by atoms with E-state index in [9.17, 15) is 5.11 Å². The summed E-state index contributed by atoms with van der Waals surface area (Å²) >= 11 is 1.72. The largest absolute Gasteiger partial charge is 0.497 e. The molecule has 0 unspecified atom stereocenters. The van der Waals surface area contributed by atoms with Gasteiger partial charge in [-0.25, -0.2) is 4.99 Å². The van der Waals surface area contributed by atoms with Crippen molar-refractivity contribution in [3.05, 3.63) is 40.6 Å². The van der Waals surface area contributed by atoms with Gasteiger partial charge in [0.05, 0.1) is 19.8 Å². The number of guanidine groups is 1. The number of ether oxygens (including phenoxy) is 1. The van der Waals surface area contributed by atoms with Gasteiger partial charge in [0.15, 0.2) is 5.96 Å². The first-order chi connectivity index (χ1) is 12.2. The molecule has 142 valence electrons. The number of aliphatic hydroxyl groups excluding tert-OH is 1. The number of methoxy groups -OCH3 is 1. The lowest BCUT2D eigenvalue weighted by Gasteiger charge is -2.20. The van der Waals surface area contributed by atoms with E-state index in [1.165, 1.54) is 16.0 Å². The summed E-state index contributed by atoms with van der Waals surface area (Å²) in [6.07, 6.45) is 0.567. The van der Waals surface area contributed by atoms with Gasteiger partial charge in [0.25, 0.3) is 0 Å². The summed E-state index contributed by atoms with van der Waals surface area (Å²) in [5.41, 5.74) is 2.39. The van der Waals surface area contributed by atoms with E-state index in [0.717, 1.165) is 31.2 Å². The van der Waals surface area contributed by atoms with E-state index in [1.54, 1.807) is 18.4 Å². The van der Waals surface area contributed by atoms with Crippen LogP contribution >= 0.6 is 35.3 Å². The summed E-state index contributed by atoms with van der Waals surface area (Å²) in [5.74, 6) is 1.75. The Hall–Kier alpha value is -1.32. The molecule has 26 heavy (non-hydrogen) atoms. The highest BCUT2D eigenvalue weighted by atomic mass is 127. The number of halogens is 1. The van der Waals surface area contributed by atoms with E-state index in [-0.39, 0.29) is 30.1 Å². The van der Waals surface area contributed by atoms with Crippen LogP contribution in [0.2, 0.25) is 0 Å². The van der Waals surface area contributed by atoms with Crippen LogP contribution < -0.4 is 10.1 Å². The normalized spacial score (nSPS) is 17.1. The number of hydrogen-bond donors (Lipinski definition) is 2. The maximum Gasteiger partial charge on any atom is 0.194 e.